The minimum atomic E-state index is -0.920. The molecule has 1 amide bonds. The van der Waals surface area contributed by atoms with Crippen LogP contribution in [0.3, 0.4) is 0 Å². The highest BCUT2D eigenvalue weighted by Gasteiger charge is 2.62. The maximum atomic E-state index is 12.5. The smallest absolute Gasteiger partial charge is 0.246 e. The zero-order valence-corrected chi connectivity index (χ0v) is 13.3. The molecule has 0 saturated heterocycles. The fourth-order valence-electron chi connectivity index (χ4n) is 2.87. The van der Waals surface area contributed by atoms with Gasteiger partial charge in [-0.15, -0.1) is 0 Å². The number of H-pyrrole nitrogens is 1. The number of hydrogen-bond donors (Lipinski definition) is 3. The molecule has 2 atom stereocenters. The summed E-state index contributed by atoms with van der Waals surface area (Å²) in [6.45, 7) is 8.63. The molecule has 21 heavy (non-hydrogen) atoms. The minimum Gasteiger partial charge on any atom is -0.378 e. The van der Waals surface area contributed by atoms with Crippen LogP contribution in [0.2, 0.25) is 0 Å². The standard InChI is InChI=1S/C15H26N4O2/c1-5-7-10-8-12(19-18-10)17-13(20)15(16)9-11(21-6-2)14(15,3)4/h8,11H,5-7,9,16H2,1-4H3,(H2,17,18,19,20). The maximum absolute atomic E-state index is 12.5. The van der Waals surface area contributed by atoms with Gasteiger partial charge in [-0.3, -0.25) is 9.89 Å². The van der Waals surface area contributed by atoms with Crippen LogP contribution in [0.1, 0.15) is 46.2 Å². The van der Waals surface area contributed by atoms with Gasteiger partial charge in [0.05, 0.1) is 6.10 Å². The van der Waals surface area contributed by atoms with E-state index in [9.17, 15) is 4.79 Å². The predicted molar refractivity (Wildman–Crippen MR) is 81.9 cm³/mol. The van der Waals surface area contributed by atoms with E-state index in [0.717, 1.165) is 18.5 Å². The summed E-state index contributed by atoms with van der Waals surface area (Å²) >= 11 is 0. The van der Waals surface area contributed by atoms with Crippen LogP contribution in [-0.4, -0.2) is 34.4 Å². The summed E-state index contributed by atoms with van der Waals surface area (Å²) in [6.07, 6.45) is 2.49. The second-order valence-corrected chi connectivity index (χ2v) is 6.32. The fourth-order valence-corrected chi connectivity index (χ4v) is 2.87. The summed E-state index contributed by atoms with van der Waals surface area (Å²) in [7, 11) is 0. The summed E-state index contributed by atoms with van der Waals surface area (Å²) in [5, 5.41) is 9.84. The molecule has 1 aromatic heterocycles. The molecule has 118 valence electrons. The number of anilines is 1. The lowest BCUT2D eigenvalue weighted by Gasteiger charge is -2.57. The lowest BCUT2D eigenvalue weighted by molar-refractivity contribution is -0.166. The van der Waals surface area contributed by atoms with Crippen LogP contribution >= 0.6 is 0 Å². The number of aromatic amines is 1. The summed E-state index contributed by atoms with van der Waals surface area (Å²) < 4.78 is 5.64. The average Bonchev–Trinajstić information content (AvgIpc) is 2.86. The van der Waals surface area contributed by atoms with E-state index in [1.165, 1.54) is 0 Å². The summed E-state index contributed by atoms with van der Waals surface area (Å²) in [6, 6.07) is 1.86. The van der Waals surface area contributed by atoms with E-state index in [2.05, 4.69) is 22.4 Å². The summed E-state index contributed by atoms with van der Waals surface area (Å²) in [5.74, 6) is 0.335. The molecule has 6 heteroatoms. The molecule has 1 fully saturated rings. The van der Waals surface area contributed by atoms with Crippen molar-refractivity contribution in [1.29, 1.82) is 0 Å². The summed E-state index contributed by atoms with van der Waals surface area (Å²) in [4.78, 5) is 12.5. The third-order valence-corrected chi connectivity index (χ3v) is 4.63. The number of aryl methyl sites for hydroxylation is 1. The Balaban J connectivity index is 2.03. The van der Waals surface area contributed by atoms with Gasteiger partial charge in [0.2, 0.25) is 5.91 Å². The molecule has 0 bridgehead atoms. The molecule has 2 unspecified atom stereocenters. The molecule has 1 aliphatic rings. The third kappa shape index (κ3) is 2.70. The van der Waals surface area contributed by atoms with Gasteiger partial charge in [0.1, 0.15) is 5.54 Å². The Morgan fingerprint density at radius 2 is 2.29 bits per heavy atom. The van der Waals surface area contributed by atoms with Gasteiger partial charge in [-0.1, -0.05) is 27.2 Å². The zero-order valence-electron chi connectivity index (χ0n) is 13.3. The first-order valence-corrected chi connectivity index (χ1v) is 7.61. The van der Waals surface area contributed by atoms with E-state index in [0.29, 0.717) is 18.8 Å². The number of nitrogens with two attached hydrogens (primary N) is 1. The number of carbonyl (C=O) groups is 1. The van der Waals surface area contributed by atoms with Crippen molar-refractivity contribution in [2.45, 2.75) is 58.6 Å². The van der Waals surface area contributed by atoms with E-state index in [1.807, 2.05) is 26.8 Å². The highest BCUT2D eigenvalue weighted by Crippen LogP contribution is 2.50. The Bertz CT molecular complexity index is 512. The van der Waals surface area contributed by atoms with Crippen LogP contribution in [0.15, 0.2) is 6.07 Å². The van der Waals surface area contributed by atoms with E-state index < -0.39 is 11.0 Å². The normalized spacial score (nSPS) is 27.2. The van der Waals surface area contributed by atoms with Gasteiger partial charge in [-0.25, -0.2) is 0 Å². The molecule has 0 spiro atoms. The Hall–Kier alpha value is -1.40. The van der Waals surface area contributed by atoms with Gasteiger partial charge < -0.3 is 15.8 Å². The van der Waals surface area contributed by atoms with Crippen molar-refractivity contribution in [3.8, 4) is 0 Å². The highest BCUT2D eigenvalue weighted by molar-refractivity contribution is 5.99. The predicted octanol–water partition coefficient (Wildman–Crippen LogP) is 1.83. The largest absolute Gasteiger partial charge is 0.378 e. The third-order valence-electron chi connectivity index (χ3n) is 4.63. The van der Waals surface area contributed by atoms with Crippen LogP contribution < -0.4 is 11.1 Å². The van der Waals surface area contributed by atoms with Crippen LogP contribution in [0.5, 0.6) is 0 Å². The van der Waals surface area contributed by atoms with Crippen molar-refractivity contribution in [2.24, 2.45) is 11.1 Å². The number of rotatable bonds is 6. The van der Waals surface area contributed by atoms with E-state index >= 15 is 0 Å². The van der Waals surface area contributed by atoms with Crippen LogP contribution in [-0.2, 0) is 16.0 Å². The van der Waals surface area contributed by atoms with Gasteiger partial charge in [0.25, 0.3) is 0 Å². The van der Waals surface area contributed by atoms with Crippen LogP contribution in [0, 0.1) is 5.41 Å². The quantitative estimate of drug-likeness (QED) is 0.746. The zero-order chi connectivity index (χ0) is 15.7. The molecule has 6 nitrogen and oxygen atoms in total. The number of nitrogens with one attached hydrogen (secondary N) is 2. The van der Waals surface area contributed by atoms with Gasteiger partial charge >= 0.3 is 0 Å². The van der Waals surface area contributed by atoms with Crippen molar-refractivity contribution in [3.63, 3.8) is 0 Å². The number of carbonyl (C=O) groups excluding carboxylic acids is 1. The SMILES string of the molecule is CCCc1cc(NC(=O)C2(N)CC(OCC)C2(C)C)n[nH]1. The first-order chi connectivity index (χ1) is 9.85. The number of nitrogens with zero attached hydrogens (tertiary/aromatic N) is 1. The van der Waals surface area contributed by atoms with Crippen molar-refractivity contribution >= 4 is 11.7 Å². The Labute approximate surface area is 125 Å². The number of ether oxygens (including phenoxy) is 1. The second-order valence-electron chi connectivity index (χ2n) is 6.32. The number of aromatic nitrogens is 2. The highest BCUT2D eigenvalue weighted by atomic mass is 16.5. The van der Waals surface area contributed by atoms with E-state index in [1.54, 1.807) is 0 Å². The van der Waals surface area contributed by atoms with Gasteiger partial charge in [-0.05, 0) is 13.3 Å². The molecule has 1 saturated carbocycles. The maximum Gasteiger partial charge on any atom is 0.246 e. The molecule has 4 N–H and O–H groups in total. The van der Waals surface area contributed by atoms with E-state index in [-0.39, 0.29) is 12.0 Å². The molecular formula is C15H26N4O2. The first-order valence-electron chi connectivity index (χ1n) is 7.61. The van der Waals surface area contributed by atoms with Crippen LogP contribution in [0.25, 0.3) is 0 Å². The minimum absolute atomic E-state index is 0.0214. The average molecular weight is 294 g/mol. The van der Waals surface area contributed by atoms with Crippen molar-refractivity contribution in [3.05, 3.63) is 11.8 Å². The van der Waals surface area contributed by atoms with Crippen LogP contribution in [0.4, 0.5) is 5.82 Å². The Morgan fingerprint density at radius 1 is 1.57 bits per heavy atom. The van der Waals surface area contributed by atoms with E-state index in [4.69, 9.17) is 10.5 Å². The molecule has 2 rings (SSSR count). The fraction of sp³-hybridized carbons (Fsp3) is 0.733. The van der Waals surface area contributed by atoms with Gasteiger partial charge in [-0.2, -0.15) is 5.10 Å². The first kappa shape index (κ1) is 16.0. The molecule has 0 aromatic carbocycles. The molecule has 0 radical (unpaired) electrons. The monoisotopic (exact) mass is 294 g/mol. The lowest BCUT2D eigenvalue weighted by atomic mass is 9.54. The topological polar surface area (TPSA) is 93.0 Å². The molecule has 1 aliphatic carbocycles. The van der Waals surface area contributed by atoms with Crippen molar-refractivity contribution < 1.29 is 9.53 Å². The van der Waals surface area contributed by atoms with Gasteiger partial charge in [0.15, 0.2) is 5.82 Å². The van der Waals surface area contributed by atoms with Crippen molar-refractivity contribution in [1.82, 2.24) is 10.2 Å². The molecular weight excluding hydrogens is 268 g/mol. The Kier molecular flexibility index (Phi) is 4.39. The molecule has 0 aliphatic heterocycles. The summed E-state index contributed by atoms with van der Waals surface area (Å²) in [5.41, 5.74) is 6.03. The lowest BCUT2D eigenvalue weighted by Crippen LogP contribution is -2.74. The number of amides is 1. The molecule has 1 heterocycles. The Morgan fingerprint density at radius 3 is 2.86 bits per heavy atom. The van der Waals surface area contributed by atoms with Gasteiger partial charge in [0, 0.05) is 30.2 Å². The second kappa shape index (κ2) is 5.77. The van der Waals surface area contributed by atoms with Crippen molar-refractivity contribution in [2.75, 3.05) is 11.9 Å². The molecule has 1 aromatic rings. The number of hydrogen-bond acceptors (Lipinski definition) is 4.